The van der Waals surface area contributed by atoms with E-state index in [4.69, 9.17) is 0 Å². The smallest absolute Gasteiger partial charge is 0.163 e. The van der Waals surface area contributed by atoms with Gasteiger partial charge in [0.15, 0.2) is 5.78 Å². The fourth-order valence-corrected chi connectivity index (χ4v) is 2.36. The maximum absolute atomic E-state index is 12.1. The molecule has 0 aliphatic heterocycles. The van der Waals surface area contributed by atoms with Crippen LogP contribution in [0.4, 0.5) is 0 Å². The third-order valence-electron chi connectivity index (χ3n) is 2.96. The van der Waals surface area contributed by atoms with Crippen LogP contribution in [0, 0.1) is 11.3 Å². The normalized spacial score (nSPS) is 13.1. The molecule has 1 aromatic carbocycles. The van der Waals surface area contributed by atoms with E-state index in [1.54, 1.807) is 6.08 Å². The summed E-state index contributed by atoms with van der Waals surface area (Å²) in [5.74, 6) is 0.666. The SMILES string of the molecule is C=Cc1ccc(C(=O)CC(C)CC(C)(C)C)cc1. The summed E-state index contributed by atoms with van der Waals surface area (Å²) in [5, 5.41) is 0. The number of carbonyl (C=O) groups is 1. The first kappa shape index (κ1) is 14.7. The van der Waals surface area contributed by atoms with E-state index in [-0.39, 0.29) is 11.2 Å². The lowest BCUT2D eigenvalue weighted by atomic mass is 9.83. The van der Waals surface area contributed by atoms with Gasteiger partial charge in [-0.3, -0.25) is 4.79 Å². The number of rotatable bonds is 5. The number of benzene rings is 1. The molecular formula is C17H24O. The third-order valence-corrected chi connectivity index (χ3v) is 2.96. The fraction of sp³-hybridized carbons (Fsp3) is 0.471. The highest BCUT2D eigenvalue weighted by Gasteiger charge is 2.18. The van der Waals surface area contributed by atoms with E-state index in [2.05, 4.69) is 34.3 Å². The van der Waals surface area contributed by atoms with Gasteiger partial charge < -0.3 is 0 Å². The number of hydrogen-bond donors (Lipinski definition) is 0. The summed E-state index contributed by atoms with van der Waals surface area (Å²) in [6.07, 6.45) is 3.49. The Kier molecular flexibility index (Phi) is 4.89. The standard InChI is InChI=1S/C17H24O/c1-6-14-7-9-15(10-8-14)16(18)11-13(2)12-17(3,4)5/h6-10,13H,1,11-12H2,2-5H3. The fourth-order valence-electron chi connectivity index (χ4n) is 2.36. The van der Waals surface area contributed by atoms with Gasteiger partial charge in [0, 0.05) is 12.0 Å². The van der Waals surface area contributed by atoms with Gasteiger partial charge in [-0.2, -0.15) is 0 Å². The molecule has 0 bridgehead atoms. The van der Waals surface area contributed by atoms with Gasteiger partial charge in [-0.15, -0.1) is 0 Å². The van der Waals surface area contributed by atoms with Crippen LogP contribution in [0.5, 0.6) is 0 Å². The lowest BCUT2D eigenvalue weighted by molar-refractivity contribution is 0.0954. The molecule has 0 aliphatic carbocycles. The molecular weight excluding hydrogens is 220 g/mol. The van der Waals surface area contributed by atoms with Crippen molar-refractivity contribution in [2.24, 2.45) is 11.3 Å². The van der Waals surface area contributed by atoms with Crippen LogP contribution in [0.2, 0.25) is 0 Å². The Bertz CT molecular complexity index is 406. The zero-order chi connectivity index (χ0) is 13.8. The predicted molar refractivity (Wildman–Crippen MR) is 78.7 cm³/mol. The second-order valence-electron chi connectivity index (χ2n) is 6.32. The molecule has 0 N–H and O–H groups in total. The summed E-state index contributed by atoms with van der Waals surface area (Å²) in [6.45, 7) is 12.5. The van der Waals surface area contributed by atoms with Crippen LogP contribution in [0.25, 0.3) is 6.08 Å². The highest BCUT2D eigenvalue weighted by atomic mass is 16.1. The first-order valence-corrected chi connectivity index (χ1v) is 6.57. The Morgan fingerprint density at radius 1 is 1.28 bits per heavy atom. The van der Waals surface area contributed by atoms with Crippen molar-refractivity contribution in [2.45, 2.75) is 40.5 Å². The number of ketones is 1. The van der Waals surface area contributed by atoms with E-state index in [9.17, 15) is 4.79 Å². The van der Waals surface area contributed by atoms with E-state index < -0.39 is 0 Å². The third kappa shape index (κ3) is 4.87. The first-order chi connectivity index (χ1) is 8.31. The molecule has 1 unspecified atom stereocenters. The number of hydrogen-bond acceptors (Lipinski definition) is 1. The van der Waals surface area contributed by atoms with Gasteiger partial charge in [0.25, 0.3) is 0 Å². The number of Topliss-reactive ketones (excluding diaryl/α,β-unsaturated/α-hetero) is 1. The highest BCUT2D eigenvalue weighted by Crippen LogP contribution is 2.26. The monoisotopic (exact) mass is 244 g/mol. The van der Waals surface area contributed by atoms with E-state index >= 15 is 0 Å². The van der Waals surface area contributed by atoms with Crippen molar-refractivity contribution in [3.63, 3.8) is 0 Å². The molecule has 0 saturated heterocycles. The molecule has 0 aliphatic rings. The van der Waals surface area contributed by atoms with Crippen LogP contribution in [-0.2, 0) is 0 Å². The summed E-state index contributed by atoms with van der Waals surface area (Å²) >= 11 is 0. The molecule has 0 spiro atoms. The van der Waals surface area contributed by atoms with E-state index in [1.165, 1.54) is 0 Å². The quantitative estimate of drug-likeness (QED) is 0.668. The predicted octanol–water partition coefficient (Wildman–Crippen LogP) is 4.97. The van der Waals surface area contributed by atoms with Crippen molar-refractivity contribution in [1.29, 1.82) is 0 Å². The van der Waals surface area contributed by atoms with Gasteiger partial charge in [-0.05, 0) is 23.3 Å². The average Bonchev–Trinajstić information content (AvgIpc) is 2.26. The number of carbonyl (C=O) groups excluding carboxylic acids is 1. The minimum Gasteiger partial charge on any atom is -0.294 e. The first-order valence-electron chi connectivity index (χ1n) is 6.57. The topological polar surface area (TPSA) is 17.1 Å². The van der Waals surface area contributed by atoms with Crippen molar-refractivity contribution in [2.75, 3.05) is 0 Å². The Morgan fingerprint density at radius 3 is 2.28 bits per heavy atom. The molecule has 0 radical (unpaired) electrons. The van der Waals surface area contributed by atoms with E-state index in [0.717, 1.165) is 17.5 Å². The molecule has 18 heavy (non-hydrogen) atoms. The lowest BCUT2D eigenvalue weighted by Crippen LogP contribution is -2.14. The summed E-state index contributed by atoms with van der Waals surface area (Å²) in [7, 11) is 0. The Hall–Kier alpha value is -1.37. The second-order valence-corrected chi connectivity index (χ2v) is 6.32. The van der Waals surface area contributed by atoms with E-state index in [1.807, 2.05) is 24.3 Å². The van der Waals surface area contributed by atoms with Crippen LogP contribution in [0.3, 0.4) is 0 Å². The molecule has 0 amide bonds. The maximum Gasteiger partial charge on any atom is 0.163 e. The lowest BCUT2D eigenvalue weighted by Gasteiger charge is -2.22. The largest absolute Gasteiger partial charge is 0.294 e. The van der Waals surface area contributed by atoms with Crippen LogP contribution in [0.1, 0.15) is 56.5 Å². The van der Waals surface area contributed by atoms with Crippen molar-refractivity contribution in [3.8, 4) is 0 Å². The van der Waals surface area contributed by atoms with Crippen LogP contribution >= 0.6 is 0 Å². The molecule has 98 valence electrons. The Balaban J connectivity index is 2.61. The van der Waals surface area contributed by atoms with Gasteiger partial charge in [-0.25, -0.2) is 0 Å². The van der Waals surface area contributed by atoms with E-state index in [0.29, 0.717) is 12.3 Å². The second kappa shape index (κ2) is 5.99. The van der Waals surface area contributed by atoms with Crippen molar-refractivity contribution in [3.05, 3.63) is 42.0 Å². The molecule has 1 atom stereocenters. The summed E-state index contributed by atoms with van der Waals surface area (Å²) in [6, 6.07) is 7.66. The van der Waals surface area contributed by atoms with Gasteiger partial charge >= 0.3 is 0 Å². The molecule has 0 aromatic heterocycles. The van der Waals surface area contributed by atoms with Gasteiger partial charge in [-0.1, -0.05) is 64.6 Å². The Labute approximate surface area is 111 Å². The summed E-state index contributed by atoms with van der Waals surface area (Å²) in [5.41, 5.74) is 2.14. The summed E-state index contributed by atoms with van der Waals surface area (Å²) < 4.78 is 0. The summed E-state index contributed by atoms with van der Waals surface area (Å²) in [4.78, 5) is 12.1. The van der Waals surface area contributed by atoms with Crippen molar-refractivity contribution < 1.29 is 4.79 Å². The van der Waals surface area contributed by atoms with Crippen molar-refractivity contribution in [1.82, 2.24) is 0 Å². The molecule has 0 fully saturated rings. The van der Waals surface area contributed by atoms with Crippen molar-refractivity contribution >= 4 is 11.9 Å². The highest BCUT2D eigenvalue weighted by molar-refractivity contribution is 5.96. The van der Waals surface area contributed by atoms with Gasteiger partial charge in [0.05, 0.1) is 0 Å². The molecule has 1 nitrogen and oxygen atoms in total. The Morgan fingerprint density at radius 2 is 1.83 bits per heavy atom. The minimum atomic E-state index is 0.238. The average molecular weight is 244 g/mol. The minimum absolute atomic E-state index is 0.238. The molecule has 1 rings (SSSR count). The zero-order valence-corrected chi connectivity index (χ0v) is 12.0. The molecule has 1 heteroatoms. The van der Waals surface area contributed by atoms with Crippen LogP contribution < -0.4 is 0 Å². The van der Waals surface area contributed by atoms with Gasteiger partial charge in [0.1, 0.15) is 0 Å². The molecule has 0 saturated carbocycles. The van der Waals surface area contributed by atoms with Crippen LogP contribution in [0.15, 0.2) is 30.8 Å². The maximum atomic E-state index is 12.1. The molecule has 0 heterocycles. The van der Waals surface area contributed by atoms with Crippen LogP contribution in [-0.4, -0.2) is 5.78 Å². The zero-order valence-electron chi connectivity index (χ0n) is 12.0. The van der Waals surface area contributed by atoms with Gasteiger partial charge in [0.2, 0.25) is 0 Å². The molecule has 1 aromatic rings.